The number of rotatable bonds is 0. The van der Waals surface area contributed by atoms with Crippen LogP contribution >= 0.6 is 11.6 Å². The van der Waals surface area contributed by atoms with Crippen LogP contribution in [0.3, 0.4) is 0 Å². The Balaban J connectivity index is 2.69. The predicted molar refractivity (Wildman–Crippen MR) is 57.2 cm³/mol. The lowest BCUT2D eigenvalue weighted by molar-refractivity contribution is 0.0912. The van der Waals surface area contributed by atoms with Crippen LogP contribution in [0.5, 0.6) is 0 Å². The molecule has 1 heterocycles. The zero-order valence-electron chi connectivity index (χ0n) is 8.04. The Hall–Kier alpha value is -1.15. The molecule has 0 unspecified atom stereocenters. The van der Waals surface area contributed by atoms with Gasteiger partial charge in [0.25, 0.3) is 0 Å². The normalized spacial score (nSPS) is 18.8. The van der Waals surface area contributed by atoms with Crippen molar-refractivity contribution >= 4 is 22.6 Å². The van der Waals surface area contributed by atoms with E-state index in [0.717, 1.165) is 5.56 Å². The van der Waals surface area contributed by atoms with Crippen LogP contribution in [0.25, 0.3) is 0 Å². The lowest BCUT2D eigenvalue weighted by Crippen LogP contribution is -2.35. The van der Waals surface area contributed by atoms with Gasteiger partial charge in [0, 0.05) is 11.1 Å². The Labute approximate surface area is 87.6 Å². The summed E-state index contributed by atoms with van der Waals surface area (Å²) in [5, 5.41) is 0.421. The Morgan fingerprint density at radius 1 is 1.21 bits per heavy atom. The van der Waals surface area contributed by atoms with Crippen LogP contribution in [-0.2, 0) is 0 Å². The van der Waals surface area contributed by atoms with Gasteiger partial charge in [-0.2, -0.15) is 0 Å². The first-order chi connectivity index (χ1) is 6.52. The molecule has 14 heavy (non-hydrogen) atoms. The van der Waals surface area contributed by atoms with Crippen molar-refractivity contribution in [2.24, 2.45) is 4.99 Å². The van der Waals surface area contributed by atoms with Crippen molar-refractivity contribution < 1.29 is 4.79 Å². The van der Waals surface area contributed by atoms with Crippen LogP contribution in [0.4, 0.5) is 0 Å². The zero-order valence-corrected chi connectivity index (χ0v) is 8.80. The van der Waals surface area contributed by atoms with E-state index in [1.807, 2.05) is 18.2 Å². The fourth-order valence-corrected chi connectivity index (χ4v) is 1.92. The molecule has 0 radical (unpaired) electrons. The fraction of sp³-hybridized carbons (Fsp3) is 0.273. The van der Waals surface area contributed by atoms with Gasteiger partial charge in [-0.3, -0.25) is 9.79 Å². The van der Waals surface area contributed by atoms with Gasteiger partial charge >= 0.3 is 0 Å². The summed E-state index contributed by atoms with van der Waals surface area (Å²) in [6, 6.07) is 7.29. The molecule has 0 saturated carbocycles. The Morgan fingerprint density at radius 3 is 2.43 bits per heavy atom. The summed E-state index contributed by atoms with van der Waals surface area (Å²) in [4.78, 5) is 16.1. The minimum atomic E-state index is -0.731. The van der Waals surface area contributed by atoms with E-state index in [1.165, 1.54) is 0 Å². The second kappa shape index (κ2) is 2.92. The Kier molecular flexibility index (Phi) is 1.96. The van der Waals surface area contributed by atoms with Gasteiger partial charge in [0.15, 0.2) is 5.78 Å². The molecule has 1 aliphatic heterocycles. The molecule has 0 aromatic heterocycles. The highest BCUT2D eigenvalue weighted by Gasteiger charge is 2.34. The highest BCUT2D eigenvalue weighted by molar-refractivity contribution is 6.70. The molecule has 1 aromatic carbocycles. The van der Waals surface area contributed by atoms with E-state index in [1.54, 1.807) is 19.9 Å². The average molecular weight is 208 g/mol. The third-order valence-electron chi connectivity index (χ3n) is 2.33. The molecule has 1 aliphatic rings. The fourth-order valence-electron chi connectivity index (χ4n) is 1.55. The first kappa shape index (κ1) is 9.41. The van der Waals surface area contributed by atoms with Crippen LogP contribution in [0.2, 0.25) is 0 Å². The summed E-state index contributed by atoms with van der Waals surface area (Å²) in [7, 11) is 0. The standard InChI is InChI=1S/C11H10ClNO/c1-11(2)9(14)7-5-3-4-6-8(7)10(12)13-11/h3-6H,1-2H3. The highest BCUT2D eigenvalue weighted by atomic mass is 35.5. The monoisotopic (exact) mass is 207 g/mol. The first-order valence-corrected chi connectivity index (χ1v) is 4.80. The van der Waals surface area contributed by atoms with Crippen LogP contribution < -0.4 is 0 Å². The number of nitrogens with zero attached hydrogens (tertiary/aromatic N) is 1. The molecule has 0 spiro atoms. The topological polar surface area (TPSA) is 29.4 Å². The molecule has 0 amide bonds. The quantitative estimate of drug-likeness (QED) is 0.643. The molecule has 3 heteroatoms. The minimum Gasteiger partial charge on any atom is -0.291 e. The Bertz CT molecular complexity index is 435. The lowest BCUT2D eigenvalue weighted by atomic mass is 9.88. The van der Waals surface area contributed by atoms with Crippen molar-refractivity contribution in [1.82, 2.24) is 0 Å². The Morgan fingerprint density at radius 2 is 1.79 bits per heavy atom. The smallest absolute Gasteiger partial charge is 0.190 e. The van der Waals surface area contributed by atoms with Crippen molar-refractivity contribution in [3.05, 3.63) is 35.4 Å². The van der Waals surface area contributed by atoms with E-state index in [4.69, 9.17) is 11.6 Å². The summed E-state index contributed by atoms with van der Waals surface area (Å²) in [6.07, 6.45) is 0. The van der Waals surface area contributed by atoms with E-state index < -0.39 is 5.54 Å². The third-order valence-corrected chi connectivity index (χ3v) is 2.62. The summed E-state index contributed by atoms with van der Waals surface area (Å²) < 4.78 is 0. The maximum absolute atomic E-state index is 11.9. The molecule has 1 aromatic rings. The van der Waals surface area contributed by atoms with E-state index in [0.29, 0.717) is 10.7 Å². The number of halogens is 1. The van der Waals surface area contributed by atoms with Gasteiger partial charge in [-0.1, -0.05) is 35.9 Å². The second-order valence-corrected chi connectivity index (χ2v) is 4.19. The zero-order chi connectivity index (χ0) is 10.3. The molecule has 72 valence electrons. The molecule has 0 fully saturated rings. The number of benzene rings is 1. The van der Waals surface area contributed by atoms with Crippen LogP contribution in [0.15, 0.2) is 29.3 Å². The van der Waals surface area contributed by atoms with Crippen molar-refractivity contribution in [3.8, 4) is 0 Å². The minimum absolute atomic E-state index is 0.0255. The van der Waals surface area contributed by atoms with E-state index in [9.17, 15) is 4.79 Å². The molecule has 0 aliphatic carbocycles. The number of hydrogen-bond donors (Lipinski definition) is 0. The van der Waals surface area contributed by atoms with Gasteiger partial charge in [-0.25, -0.2) is 0 Å². The number of ketones is 1. The summed E-state index contributed by atoms with van der Waals surface area (Å²) in [6.45, 7) is 3.54. The van der Waals surface area contributed by atoms with Gasteiger partial charge in [0.2, 0.25) is 0 Å². The largest absolute Gasteiger partial charge is 0.291 e. The summed E-state index contributed by atoms with van der Waals surface area (Å²) >= 11 is 5.99. The van der Waals surface area contributed by atoms with Crippen molar-refractivity contribution in [3.63, 3.8) is 0 Å². The lowest BCUT2D eigenvalue weighted by Gasteiger charge is -2.24. The predicted octanol–water partition coefficient (Wildman–Crippen LogP) is 2.65. The molecule has 0 bridgehead atoms. The molecule has 2 rings (SSSR count). The van der Waals surface area contributed by atoms with E-state index in [2.05, 4.69) is 4.99 Å². The molecule has 2 nitrogen and oxygen atoms in total. The third kappa shape index (κ3) is 1.26. The van der Waals surface area contributed by atoms with Gasteiger partial charge in [0.1, 0.15) is 10.7 Å². The number of carbonyl (C=O) groups excluding carboxylic acids is 1. The van der Waals surface area contributed by atoms with Gasteiger partial charge in [-0.05, 0) is 13.8 Å². The molecule has 0 saturated heterocycles. The van der Waals surface area contributed by atoms with E-state index in [-0.39, 0.29) is 5.78 Å². The highest BCUT2D eigenvalue weighted by Crippen LogP contribution is 2.27. The SMILES string of the molecule is CC1(C)N=C(Cl)c2ccccc2C1=O. The van der Waals surface area contributed by atoms with Gasteiger partial charge in [-0.15, -0.1) is 0 Å². The second-order valence-electron chi connectivity index (χ2n) is 3.84. The summed E-state index contributed by atoms with van der Waals surface area (Å²) in [5.74, 6) is 0.0255. The van der Waals surface area contributed by atoms with Crippen molar-refractivity contribution in [2.75, 3.05) is 0 Å². The maximum atomic E-state index is 11.9. The van der Waals surface area contributed by atoms with Crippen molar-refractivity contribution in [2.45, 2.75) is 19.4 Å². The van der Waals surface area contributed by atoms with Crippen LogP contribution in [0, 0.1) is 0 Å². The maximum Gasteiger partial charge on any atom is 0.190 e. The first-order valence-electron chi connectivity index (χ1n) is 4.42. The molecule has 0 N–H and O–H groups in total. The number of hydrogen-bond acceptors (Lipinski definition) is 2. The number of Topliss-reactive ketones (excluding diaryl/α,β-unsaturated/α-hetero) is 1. The van der Waals surface area contributed by atoms with Crippen LogP contribution in [0.1, 0.15) is 29.8 Å². The summed E-state index contributed by atoms with van der Waals surface area (Å²) in [5.41, 5.74) is 0.668. The molecule has 0 atom stereocenters. The van der Waals surface area contributed by atoms with Gasteiger partial charge in [0.05, 0.1) is 0 Å². The molecular weight excluding hydrogens is 198 g/mol. The van der Waals surface area contributed by atoms with Gasteiger partial charge < -0.3 is 0 Å². The molecular formula is C11H10ClNO. The van der Waals surface area contributed by atoms with E-state index >= 15 is 0 Å². The average Bonchev–Trinajstić information content (AvgIpc) is 2.14. The van der Waals surface area contributed by atoms with Crippen LogP contribution in [-0.4, -0.2) is 16.5 Å². The number of aliphatic imine (C=N–C) groups is 1. The number of carbonyl (C=O) groups is 1. The van der Waals surface area contributed by atoms with Crippen molar-refractivity contribution in [1.29, 1.82) is 0 Å². The number of fused-ring (bicyclic) bond motifs is 1.